The summed E-state index contributed by atoms with van der Waals surface area (Å²) in [6, 6.07) is 8.76. The SMILES string of the molecule is Nc1nc(SCC2CCCc3ccccc32)n[nH]1. The van der Waals surface area contributed by atoms with E-state index in [0.717, 1.165) is 10.9 Å². The molecule has 1 aliphatic rings. The van der Waals surface area contributed by atoms with Crippen LogP contribution in [-0.2, 0) is 6.42 Å². The Morgan fingerprint density at radius 1 is 1.39 bits per heavy atom. The molecule has 1 unspecified atom stereocenters. The molecule has 0 fully saturated rings. The summed E-state index contributed by atoms with van der Waals surface area (Å²) in [7, 11) is 0. The van der Waals surface area contributed by atoms with Crippen molar-refractivity contribution >= 4 is 17.7 Å². The van der Waals surface area contributed by atoms with Crippen molar-refractivity contribution in [2.24, 2.45) is 0 Å². The van der Waals surface area contributed by atoms with E-state index in [4.69, 9.17) is 5.73 Å². The van der Waals surface area contributed by atoms with E-state index in [1.807, 2.05) is 0 Å². The number of hydrogen-bond acceptors (Lipinski definition) is 4. The normalized spacial score (nSPS) is 18.6. The van der Waals surface area contributed by atoms with E-state index in [9.17, 15) is 0 Å². The lowest BCUT2D eigenvalue weighted by atomic mass is 9.84. The summed E-state index contributed by atoms with van der Waals surface area (Å²) in [6.45, 7) is 0. The highest BCUT2D eigenvalue weighted by molar-refractivity contribution is 7.99. The van der Waals surface area contributed by atoms with Gasteiger partial charge in [0, 0.05) is 5.75 Å². The summed E-state index contributed by atoms with van der Waals surface area (Å²) >= 11 is 1.68. The molecular formula is C13H16N4S. The second-order valence-corrected chi connectivity index (χ2v) is 5.59. The van der Waals surface area contributed by atoms with Gasteiger partial charge in [0.15, 0.2) is 0 Å². The van der Waals surface area contributed by atoms with Gasteiger partial charge in [0.1, 0.15) is 0 Å². The Kier molecular flexibility index (Phi) is 3.23. The molecule has 18 heavy (non-hydrogen) atoms. The van der Waals surface area contributed by atoms with Crippen LogP contribution in [0.1, 0.15) is 29.9 Å². The summed E-state index contributed by atoms with van der Waals surface area (Å²) in [6.07, 6.45) is 3.74. The zero-order chi connectivity index (χ0) is 12.4. The Morgan fingerprint density at radius 3 is 3.11 bits per heavy atom. The molecule has 1 aromatic heterocycles. The number of nitrogens with one attached hydrogen (secondary N) is 1. The second kappa shape index (κ2) is 5.02. The lowest BCUT2D eigenvalue weighted by Crippen LogP contribution is -2.11. The number of aromatic nitrogens is 3. The number of nitrogens with zero attached hydrogens (tertiary/aromatic N) is 2. The van der Waals surface area contributed by atoms with Gasteiger partial charge in [-0.25, -0.2) is 5.10 Å². The van der Waals surface area contributed by atoms with E-state index in [-0.39, 0.29) is 0 Å². The third-order valence-corrected chi connectivity index (χ3v) is 4.40. The number of hydrogen-bond donors (Lipinski definition) is 2. The van der Waals surface area contributed by atoms with Crippen LogP contribution < -0.4 is 5.73 Å². The van der Waals surface area contributed by atoms with Crippen molar-refractivity contribution in [3.8, 4) is 0 Å². The molecule has 0 radical (unpaired) electrons. The average molecular weight is 260 g/mol. The minimum atomic E-state index is 0.390. The number of anilines is 1. The van der Waals surface area contributed by atoms with Crippen LogP contribution in [0.25, 0.3) is 0 Å². The Hall–Kier alpha value is -1.49. The van der Waals surface area contributed by atoms with Crippen LogP contribution >= 0.6 is 11.8 Å². The van der Waals surface area contributed by atoms with E-state index in [0.29, 0.717) is 11.9 Å². The minimum Gasteiger partial charge on any atom is -0.368 e. The zero-order valence-corrected chi connectivity index (χ0v) is 10.9. The molecule has 1 atom stereocenters. The third-order valence-electron chi connectivity index (χ3n) is 3.39. The topological polar surface area (TPSA) is 67.6 Å². The number of aromatic amines is 1. The summed E-state index contributed by atoms with van der Waals surface area (Å²) in [5.74, 6) is 2.02. The summed E-state index contributed by atoms with van der Waals surface area (Å²) in [4.78, 5) is 4.13. The standard InChI is InChI=1S/C13H16N4S/c14-12-15-13(17-16-12)18-8-10-6-3-5-9-4-1-2-7-11(9)10/h1-2,4,7,10H,3,5-6,8H2,(H3,14,15,16,17). The van der Waals surface area contributed by atoms with Gasteiger partial charge in [-0.1, -0.05) is 36.0 Å². The molecule has 4 nitrogen and oxygen atoms in total. The van der Waals surface area contributed by atoms with Gasteiger partial charge in [0.05, 0.1) is 0 Å². The number of aryl methyl sites for hydroxylation is 1. The Labute approximate surface area is 110 Å². The van der Waals surface area contributed by atoms with Crippen molar-refractivity contribution in [3.05, 3.63) is 35.4 Å². The molecule has 0 bridgehead atoms. The van der Waals surface area contributed by atoms with Crippen LogP contribution in [0.4, 0.5) is 5.95 Å². The van der Waals surface area contributed by atoms with Crippen LogP contribution in [0.2, 0.25) is 0 Å². The molecule has 0 spiro atoms. The first kappa shape index (κ1) is 11.6. The van der Waals surface area contributed by atoms with E-state index in [2.05, 4.69) is 39.4 Å². The smallest absolute Gasteiger partial charge is 0.216 e. The minimum absolute atomic E-state index is 0.390. The molecule has 3 N–H and O–H groups in total. The van der Waals surface area contributed by atoms with Gasteiger partial charge in [-0.15, -0.1) is 5.10 Å². The number of thioether (sulfide) groups is 1. The van der Waals surface area contributed by atoms with Crippen LogP contribution in [0.3, 0.4) is 0 Å². The maximum absolute atomic E-state index is 5.52. The lowest BCUT2D eigenvalue weighted by molar-refractivity contribution is 0.596. The second-order valence-electron chi connectivity index (χ2n) is 4.60. The predicted octanol–water partition coefficient (Wildman–Crippen LogP) is 2.60. The quantitative estimate of drug-likeness (QED) is 0.832. The highest BCUT2D eigenvalue weighted by Gasteiger charge is 2.20. The van der Waals surface area contributed by atoms with E-state index in [1.54, 1.807) is 11.8 Å². The molecule has 0 saturated heterocycles. The Balaban J connectivity index is 1.71. The van der Waals surface area contributed by atoms with E-state index < -0.39 is 0 Å². The molecule has 1 heterocycles. The van der Waals surface area contributed by atoms with Gasteiger partial charge in [0.2, 0.25) is 11.1 Å². The Bertz CT molecular complexity index is 537. The molecule has 0 saturated carbocycles. The predicted molar refractivity (Wildman–Crippen MR) is 73.6 cm³/mol. The first-order valence-electron chi connectivity index (χ1n) is 6.21. The Morgan fingerprint density at radius 2 is 2.28 bits per heavy atom. The first-order chi connectivity index (χ1) is 8.83. The van der Waals surface area contributed by atoms with Crippen molar-refractivity contribution < 1.29 is 0 Å². The van der Waals surface area contributed by atoms with Crippen molar-refractivity contribution in [2.75, 3.05) is 11.5 Å². The number of H-pyrrole nitrogens is 1. The lowest BCUT2D eigenvalue weighted by Gasteiger charge is -2.24. The fourth-order valence-electron chi connectivity index (χ4n) is 2.53. The van der Waals surface area contributed by atoms with Crippen LogP contribution in [0, 0.1) is 0 Å². The number of nitrogens with two attached hydrogens (primary N) is 1. The summed E-state index contributed by atoms with van der Waals surface area (Å²) < 4.78 is 0. The molecule has 2 aromatic rings. The van der Waals surface area contributed by atoms with Crippen LogP contribution in [-0.4, -0.2) is 20.9 Å². The monoisotopic (exact) mass is 260 g/mol. The number of rotatable bonds is 3. The van der Waals surface area contributed by atoms with E-state index >= 15 is 0 Å². The molecule has 94 valence electrons. The van der Waals surface area contributed by atoms with Crippen LogP contribution in [0.15, 0.2) is 29.4 Å². The van der Waals surface area contributed by atoms with Crippen molar-refractivity contribution in [3.63, 3.8) is 0 Å². The van der Waals surface area contributed by atoms with Crippen molar-refractivity contribution in [1.82, 2.24) is 15.2 Å². The van der Waals surface area contributed by atoms with Gasteiger partial charge in [-0.3, -0.25) is 0 Å². The van der Waals surface area contributed by atoms with Gasteiger partial charge in [-0.2, -0.15) is 4.98 Å². The molecule has 3 rings (SSSR count). The molecule has 1 aliphatic carbocycles. The maximum atomic E-state index is 5.52. The fourth-order valence-corrected chi connectivity index (χ4v) is 3.50. The summed E-state index contributed by atoms with van der Waals surface area (Å²) in [5, 5.41) is 7.48. The van der Waals surface area contributed by atoms with Crippen molar-refractivity contribution in [2.45, 2.75) is 30.3 Å². The fraction of sp³-hybridized carbons (Fsp3) is 0.385. The highest BCUT2D eigenvalue weighted by atomic mass is 32.2. The number of nitrogen functional groups attached to an aromatic ring is 1. The molecular weight excluding hydrogens is 244 g/mol. The zero-order valence-electron chi connectivity index (χ0n) is 10.1. The third kappa shape index (κ3) is 2.36. The van der Waals surface area contributed by atoms with Gasteiger partial charge >= 0.3 is 0 Å². The highest BCUT2D eigenvalue weighted by Crippen LogP contribution is 2.34. The maximum Gasteiger partial charge on any atom is 0.216 e. The molecule has 0 aliphatic heterocycles. The van der Waals surface area contributed by atoms with Gasteiger partial charge < -0.3 is 5.73 Å². The molecule has 1 aromatic carbocycles. The number of benzene rings is 1. The van der Waals surface area contributed by atoms with E-state index in [1.165, 1.54) is 30.4 Å². The molecule has 5 heteroatoms. The van der Waals surface area contributed by atoms with Crippen molar-refractivity contribution in [1.29, 1.82) is 0 Å². The largest absolute Gasteiger partial charge is 0.368 e. The first-order valence-corrected chi connectivity index (χ1v) is 7.20. The molecule has 0 amide bonds. The van der Waals surface area contributed by atoms with Gasteiger partial charge in [0.25, 0.3) is 0 Å². The number of fused-ring (bicyclic) bond motifs is 1. The summed E-state index contributed by atoms with van der Waals surface area (Å²) in [5.41, 5.74) is 8.52. The average Bonchev–Trinajstić information content (AvgIpc) is 2.82. The van der Waals surface area contributed by atoms with Crippen LogP contribution in [0.5, 0.6) is 0 Å². The van der Waals surface area contributed by atoms with Gasteiger partial charge in [-0.05, 0) is 36.3 Å².